The third-order valence-corrected chi connectivity index (χ3v) is 6.88. The minimum Gasteiger partial charge on any atom is -0.343 e. The van der Waals surface area contributed by atoms with Crippen molar-refractivity contribution >= 4 is 11.8 Å². The molecule has 1 unspecified atom stereocenters. The normalized spacial score (nSPS) is 24.1. The first kappa shape index (κ1) is 17.6. The average molecular weight is 354 g/mol. The Kier molecular flexibility index (Phi) is 4.76. The van der Waals surface area contributed by atoms with Gasteiger partial charge in [-0.1, -0.05) is 24.1 Å². The van der Waals surface area contributed by atoms with E-state index in [0.29, 0.717) is 18.2 Å². The van der Waals surface area contributed by atoms with Gasteiger partial charge in [0.1, 0.15) is 0 Å². The van der Waals surface area contributed by atoms with E-state index >= 15 is 0 Å². The van der Waals surface area contributed by atoms with Gasteiger partial charge in [-0.05, 0) is 62.5 Å². The first-order valence-electron chi connectivity index (χ1n) is 10.2. The molecular formula is C22H30N2O2. The third kappa shape index (κ3) is 3.26. The summed E-state index contributed by atoms with van der Waals surface area (Å²) in [7, 11) is 0. The van der Waals surface area contributed by atoms with Crippen molar-refractivity contribution in [2.75, 3.05) is 26.2 Å². The fraction of sp³-hybridized carbons (Fsp3) is 0.636. The maximum absolute atomic E-state index is 13.0. The van der Waals surface area contributed by atoms with Crippen LogP contribution in [-0.4, -0.2) is 47.8 Å². The standard InChI is InChI=1S/C22H30N2O2/c1-17-6-4-7-18(14-17)21(26)24-15-19(22(16-24)10-5-11-22)8-9-20(25)23-12-2-3-13-23/h4,6-7,14,19H,2-3,5,8-13,15-16H2,1H3. The maximum atomic E-state index is 13.0. The number of amides is 2. The van der Waals surface area contributed by atoms with Crippen molar-refractivity contribution in [3.8, 4) is 0 Å². The summed E-state index contributed by atoms with van der Waals surface area (Å²) in [4.78, 5) is 29.5. The summed E-state index contributed by atoms with van der Waals surface area (Å²) in [6.07, 6.45) is 7.59. The van der Waals surface area contributed by atoms with Gasteiger partial charge >= 0.3 is 0 Å². The molecule has 1 atom stereocenters. The molecule has 140 valence electrons. The van der Waals surface area contributed by atoms with Gasteiger partial charge in [0, 0.05) is 38.2 Å². The Labute approximate surface area is 156 Å². The second-order valence-electron chi connectivity index (χ2n) is 8.59. The number of nitrogens with zero attached hydrogens (tertiary/aromatic N) is 2. The Balaban J connectivity index is 1.41. The van der Waals surface area contributed by atoms with Crippen LogP contribution in [0.5, 0.6) is 0 Å². The summed E-state index contributed by atoms with van der Waals surface area (Å²) in [6, 6.07) is 7.90. The molecule has 4 rings (SSSR count). The molecule has 26 heavy (non-hydrogen) atoms. The number of hydrogen-bond acceptors (Lipinski definition) is 2. The van der Waals surface area contributed by atoms with E-state index in [4.69, 9.17) is 0 Å². The zero-order valence-corrected chi connectivity index (χ0v) is 15.9. The Hall–Kier alpha value is -1.84. The number of rotatable bonds is 4. The molecule has 4 nitrogen and oxygen atoms in total. The van der Waals surface area contributed by atoms with Crippen molar-refractivity contribution in [1.82, 2.24) is 9.80 Å². The molecule has 4 heteroatoms. The van der Waals surface area contributed by atoms with E-state index in [1.165, 1.54) is 19.3 Å². The topological polar surface area (TPSA) is 40.6 Å². The van der Waals surface area contributed by atoms with Crippen molar-refractivity contribution in [3.63, 3.8) is 0 Å². The Morgan fingerprint density at radius 3 is 2.54 bits per heavy atom. The van der Waals surface area contributed by atoms with Gasteiger partial charge < -0.3 is 9.80 Å². The molecule has 3 aliphatic rings. The van der Waals surface area contributed by atoms with Crippen molar-refractivity contribution in [2.24, 2.45) is 11.3 Å². The molecule has 2 aliphatic heterocycles. The second-order valence-corrected chi connectivity index (χ2v) is 8.59. The molecule has 1 aromatic carbocycles. The average Bonchev–Trinajstić information content (AvgIpc) is 3.26. The second kappa shape index (κ2) is 7.05. The number of aryl methyl sites for hydroxylation is 1. The van der Waals surface area contributed by atoms with Crippen LogP contribution in [0.4, 0.5) is 0 Å². The lowest BCUT2D eigenvalue weighted by atomic mass is 9.62. The molecule has 2 amide bonds. The van der Waals surface area contributed by atoms with E-state index in [-0.39, 0.29) is 11.3 Å². The summed E-state index contributed by atoms with van der Waals surface area (Å²) >= 11 is 0. The molecule has 0 radical (unpaired) electrons. The van der Waals surface area contributed by atoms with Crippen LogP contribution in [0.2, 0.25) is 0 Å². The SMILES string of the molecule is Cc1cccc(C(=O)N2CC(CCC(=O)N3CCCC3)C3(CCC3)C2)c1. The lowest BCUT2D eigenvalue weighted by Gasteiger charge is -2.43. The van der Waals surface area contributed by atoms with Crippen LogP contribution >= 0.6 is 0 Å². The van der Waals surface area contributed by atoms with Gasteiger partial charge in [0.05, 0.1) is 0 Å². The van der Waals surface area contributed by atoms with Gasteiger partial charge in [-0.15, -0.1) is 0 Å². The van der Waals surface area contributed by atoms with E-state index in [2.05, 4.69) is 4.90 Å². The highest BCUT2D eigenvalue weighted by Crippen LogP contribution is 2.53. The van der Waals surface area contributed by atoms with Gasteiger partial charge in [-0.2, -0.15) is 0 Å². The van der Waals surface area contributed by atoms with Crippen LogP contribution in [0.15, 0.2) is 24.3 Å². The molecule has 1 aliphatic carbocycles. The highest BCUT2D eigenvalue weighted by Gasteiger charge is 2.51. The molecule has 1 aromatic rings. The van der Waals surface area contributed by atoms with Gasteiger partial charge in [0.25, 0.3) is 5.91 Å². The zero-order chi connectivity index (χ0) is 18.1. The summed E-state index contributed by atoms with van der Waals surface area (Å²) < 4.78 is 0. The molecular weight excluding hydrogens is 324 g/mol. The van der Waals surface area contributed by atoms with Crippen LogP contribution in [0, 0.1) is 18.3 Å². The molecule has 0 aromatic heterocycles. The minimum absolute atomic E-state index is 0.161. The predicted octanol–water partition coefficient (Wildman–Crippen LogP) is 3.64. The van der Waals surface area contributed by atoms with Crippen LogP contribution in [0.1, 0.15) is 60.9 Å². The minimum atomic E-state index is 0.161. The number of likely N-dealkylation sites (tertiary alicyclic amines) is 2. The van der Waals surface area contributed by atoms with Crippen molar-refractivity contribution in [1.29, 1.82) is 0 Å². The van der Waals surface area contributed by atoms with Crippen molar-refractivity contribution < 1.29 is 9.59 Å². The number of carbonyl (C=O) groups excluding carboxylic acids is 2. The summed E-state index contributed by atoms with van der Waals surface area (Å²) in [5, 5.41) is 0. The van der Waals surface area contributed by atoms with Crippen molar-refractivity contribution in [2.45, 2.75) is 51.9 Å². The summed E-state index contributed by atoms with van der Waals surface area (Å²) in [5.74, 6) is 0.963. The van der Waals surface area contributed by atoms with Crippen LogP contribution in [-0.2, 0) is 4.79 Å². The molecule has 1 spiro atoms. The van der Waals surface area contributed by atoms with E-state index in [1.54, 1.807) is 0 Å². The Bertz CT molecular complexity index is 689. The van der Waals surface area contributed by atoms with E-state index < -0.39 is 0 Å². The monoisotopic (exact) mass is 354 g/mol. The van der Waals surface area contributed by atoms with Gasteiger partial charge in [-0.3, -0.25) is 9.59 Å². The van der Waals surface area contributed by atoms with Crippen LogP contribution in [0.25, 0.3) is 0 Å². The highest BCUT2D eigenvalue weighted by atomic mass is 16.2. The molecule has 1 saturated carbocycles. The smallest absolute Gasteiger partial charge is 0.253 e. The van der Waals surface area contributed by atoms with E-state index in [1.807, 2.05) is 36.1 Å². The first-order valence-corrected chi connectivity index (χ1v) is 10.2. The lowest BCUT2D eigenvalue weighted by Crippen LogP contribution is -2.39. The first-order chi connectivity index (χ1) is 12.6. The third-order valence-electron chi connectivity index (χ3n) is 6.88. The number of benzene rings is 1. The quantitative estimate of drug-likeness (QED) is 0.828. The van der Waals surface area contributed by atoms with Crippen molar-refractivity contribution in [3.05, 3.63) is 35.4 Å². The maximum Gasteiger partial charge on any atom is 0.253 e. The predicted molar refractivity (Wildman–Crippen MR) is 102 cm³/mol. The van der Waals surface area contributed by atoms with Gasteiger partial charge in [0.15, 0.2) is 0 Å². The van der Waals surface area contributed by atoms with Crippen LogP contribution < -0.4 is 0 Å². The lowest BCUT2D eigenvalue weighted by molar-refractivity contribution is -0.130. The van der Waals surface area contributed by atoms with Crippen LogP contribution in [0.3, 0.4) is 0 Å². The van der Waals surface area contributed by atoms with E-state index in [9.17, 15) is 9.59 Å². The fourth-order valence-corrected chi connectivity index (χ4v) is 5.17. The summed E-state index contributed by atoms with van der Waals surface area (Å²) in [5.41, 5.74) is 2.21. The number of hydrogen-bond donors (Lipinski definition) is 0. The van der Waals surface area contributed by atoms with Gasteiger partial charge in [0.2, 0.25) is 5.91 Å². The highest BCUT2D eigenvalue weighted by molar-refractivity contribution is 5.94. The Morgan fingerprint density at radius 2 is 1.88 bits per heavy atom. The molecule has 3 fully saturated rings. The molecule has 2 saturated heterocycles. The zero-order valence-electron chi connectivity index (χ0n) is 15.9. The summed E-state index contributed by atoms with van der Waals surface area (Å²) in [6.45, 7) is 5.60. The van der Waals surface area contributed by atoms with E-state index in [0.717, 1.165) is 56.6 Å². The molecule has 0 bridgehead atoms. The fourth-order valence-electron chi connectivity index (χ4n) is 5.17. The number of carbonyl (C=O) groups is 2. The molecule has 2 heterocycles. The Morgan fingerprint density at radius 1 is 1.12 bits per heavy atom. The molecule has 0 N–H and O–H groups in total. The largest absolute Gasteiger partial charge is 0.343 e. The van der Waals surface area contributed by atoms with Gasteiger partial charge in [-0.25, -0.2) is 0 Å².